The molecule has 0 atom stereocenters. The van der Waals surface area contributed by atoms with Crippen LogP contribution in [0.3, 0.4) is 0 Å². The Balaban J connectivity index is 0.00000520. The van der Waals surface area contributed by atoms with Crippen LogP contribution < -0.4 is 14.7 Å². The number of rotatable bonds is 9. The van der Waals surface area contributed by atoms with E-state index in [4.69, 9.17) is 24.7 Å². The van der Waals surface area contributed by atoms with Gasteiger partial charge in [0.1, 0.15) is 11.4 Å². The van der Waals surface area contributed by atoms with Crippen LogP contribution in [-0.2, 0) is 50.0 Å². The summed E-state index contributed by atoms with van der Waals surface area (Å²) < 4.78 is 46.7. The summed E-state index contributed by atoms with van der Waals surface area (Å²) in [5.41, 5.74) is 12.7. The van der Waals surface area contributed by atoms with E-state index in [1.807, 2.05) is 39.8 Å². The summed E-state index contributed by atoms with van der Waals surface area (Å²) in [7, 11) is 0. The standard InChI is InChI=1S/C38H43F3N4O2.Zn/c1-9-20-22(11-3)30-18-32-24(13-5)26(15-7)34(44-32)36(47-37(46)38(39,40)41)35-27(16-8)25(14-6)33(45-35)19-31-23(12-4)21(10-2)29(43-31)17-28(20)42-30;/h17-19H,9-16H2,1-8H3;/q-2;+2. The molecule has 2 aliphatic rings. The number of carbonyl (C=O) groups excluding carboxylic acids is 1. The predicted octanol–water partition coefficient (Wildman–Crippen LogP) is 9.75. The first-order valence-electron chi connectivity index (χ1n) is 16.9. The van der Waals surface area contributed by atoms with Gasteiger partial charge in [-0.05, 0) is 73.7 Å². The van der Waals surface area contributed by atoms with Crippen molar-refractivity contribution >= 4 is 50.3 Å². The van der Waals surface area contributed by atoms with E-state index in [1.165, 1.54) is 0 Å². The number of fused-ring (bicyclic) bond motifs is 8. The van der Waals surface area contributed by atoms with Gasteiger partial charge in [-0.25, -0.2) is 14.8 Å². The largest absolute Gasteiger partial charge is 2.00 e. The van der Waals surface area contributed by atoms with Crippen molar-refractivity contribution in [3.63, 3.8) is 0 Å². The number of esters is 1. The zero-order valence-electron chi connectivity index (χ0n) is 29.3. The van der Waals surface area contributed by atoms with Gasteiger partial charge in [0.25, 0.3) is 0 Å². The Kier molecular flexibility index (Phi) is 11.6. The van der Waals surface area contributed by atoms with Crippen LogP contribution in [-0.4, -0.2) is 22.1 Å². The van der Waals surface area contributed by atoms with Gasteiger partial charge >= 0.3 is 31.6 Å². The van der Waals surface area contributed by atoms with Gasteiger partial charge < -0.3 is 14.7 Å². The fourth-order valence-electron chi connectivity index (χ4n) is 7.22. The fourth-order valence-corrected chi connectivity index (χ4v) is 7.22. The second-order valence-corrected chi connectivity index (χ2v) is 11.8. The summed E-state index contributed by atoms with van der Waals surface area (Å²) in [6, 6.07) is 5.97. The van der Waals surface area contributed by atoms with Gasteiger partial charge in [0.05, 0.1) is 17.1 Å². The molecule has 0 saturated carbocycles. The minimum absolute atomic E-state index is 0. The fraction of sp³-hybridized carbons (Fsp3) is 0.447. The minimum Gasteiger partial charge on any atom is -0.657 e. The first kappa shape index (κ1) is 37.3. The number of allylic oxidation sites excluding steroid dienone is 4. The van der Waals surface area contributed by atoms with Crippen LogP contribution in [0.4, 0.5) is 13.2 Å². The summed E-state index contributed by atoms with van der Waals surface area (Å²) >= 11 is 0. The number of aryl methyl sites for hydroxylation is 4. The molecule has 0 saturated heterocycles. The monoisotopic (exact) mass is 708 g/mol. The molecule has 10 heteroatoms. The minimum atomic E-state index is -5.20. The topological polar surface area (TPSA) is 80.3 Å². The molecule has 5 heterocycles. The molecule has 3 aromatic heterocycles. The first-order chi connectivity index (χ1) is 22.5. The summed E-state index contributed by atoms with van der Waals surface area (Å²) in [6.45, 7) is 16.3. The van der Waals surface area contributed by atoms with Crippen LogP contribution in [0.15, 0.2) is 18.2 Å². The van der Waals surface area contributed by atoms with Crippen molar-refractivity contribution in [1.82, 2.24) is 19.9 Å². The van der Waals surface area contributed by atoms with E-state index in [9.17, 15) is 18.0 Å². The SMILES string of the molecule is CCC1=C(CC)c2cc3[n-]c(c(CC)c3CC)c(OC(=O)C(F)(F)F)c3nc(cc4[n-]c(cc1n2)c(CC)c4CC)C(CC)=C3CC.[Zn+2]. The number of halogens is 3. The maximum Gasteiger partial charge on any atom is 2.00 e. The van der Waals surface area contributed by atoms with Crippen LogP contribution in [0.25, 0.3) is 44.4 Å². The Morgan fingerprint density at radius 2 is 1.00 bits per heavy atom. The van der Waals surface area contributed by atoms with Crippen LogP contribution in [0.5, 0.6) is 5.75 Å². The molecule has 2 aliphatic heterocycles. The molecule has 0 aromatic carbocycles. The van der Waals surface area contributed by atoms with Crippen molar-refractivity contribution < 1.29 is 42.2 Å². The van der Waals surface area contributed by atoms with E-state index < -0.39 is 12.1 Å². The number of carbonyl (C=O) groups is 1. The molecule has 3 aromatic rings. The molecule has 5 rings (SSSR count). The number of hydrogen-bond acceptors (Lipinski definition) is 4. The third-order valence-electron chi connectivity index (χ3n) is 9.34. The van der Waals surface area contributed by atoms with E-state index in [1.54, 1.807) is 0 Å². The molecule has 48 heavy (non-hydrogen) atoms. The van der Waals surface area contributed by atoms with Gasteiger partial charge in [0.2, 0.25) is 0 Å². The third kappa shape index (κ3) is 6.45. The zero-order chi connectivity index (χ0) is 34.2. The van der Waals surface area contributed by atoms with Gasteiger partial charge in [0.15, 0.2) is 0 Å². The Morgan fingerprint density at radius 1 is 0.604 bits per heavy atom. The number of ether oxygens (including phenoxy) is 1. The molecule has 0 amide bonds. The summed E-state index contributed by atoms with van der Waals surface area (Å²) in [5.74, 6) is -2.56. The molecule has 0 unspecified atom stereocenters. The number of hydrogen-bond donors (Lipinski definition) is 0. The molecule has 0 radical (unpaired) electrons. The zero-order valence-corrected chi connectivity index (χ0v) is 32.3. The van der Waals surface area contributed by atoms with Crippen molar-refractivity contribution in [3.05, 3.63) is 63.2 Å². The quantitative estimate of drug-likeness (QED) is 0.163. The van der Waals surface area contributed by atoms with Crippen molar-refractivity contribution in [1.29, 1.82) is 0 Å². The van der Waals surface area contributed by atoms with Gasteiger partial charge in [-0.1, -0.05) is 101 Å². The van der Waals surface area contributed by atoms with Crippen molar-refractivity contribution in [2.75, 3.05) is 0 Å². The van der Waals surface area contributed by atoms with Crippen molar-refractivity contribution in [2.45, 2.75) is 113 Å². The Hall–Kier alpha value is -3.52. The van der Waals surface area contributed by atoms with Crippen LogP contribution in [0.1, 0.15) is 126 Å². The average Bonchev–Trinajstić information content (AvgIpc) is 3.77. The summed E-state index contributed by atoms with van der Waals surface area (Å²) in [4.78, 5) is 32.7. The van der Waals surface area contributed by atoms with Gasteiger partial charge in [-0.2, -0.15) is 13.2 Å². The molecule has 0 N–H and O–H groups in total. The molecule has 8 bridgehead atoms. The van der Waals surface area contributed by atoms with E-state index in [0.717, 1.165) is 92.7 Å². The molecule has 6 nitrogen and oxygen atoms in total. The second kappa shape index (κ2) is 14.9. The smallest absolute Gasteiger partial charge is 0.657 e. The molecule has 0 aliphatic carbocycles. The number of aromatic nitrogens is 4. The van der Waals surface area contributed by atoms with Gasteiger partial charge in [-0.3, -0.25) is 0 Å². The summed E-state index contributed by atoms with van der Waals surface area (Å²) in [6.07, 6.45) is -0.0290. The van der Waals surface area contributed by atoms with E-state index >= 15 is 0 Å². The normalized spacial score (nSPS) is 13.3. The summed E-state index contributed by atoms with van der Waals surface area (Å²) in [5, 5.41) is 0. The Labute approximate surface area is 293 Å². The molecule has 0 spiro atoms. The van der Waals surface area contributed by atoms with Crippen molar-refractivity contribution in [2.24, 2.45) is 0 Å². The van der Waals surface area contributed by atoms with E-state index in [-0.39, 0.29) is 36.4 Å². The second-order valence-electron chi connectivity index (χ2n) is 11.8. The number of nitrogens with zero attached hydrogens (tertiary/aromatic N) is 4. The molecule has 0 fully saturated rings. The molecular formula is C38H43F3N4O2Zn. The third-order valence-corrected chi connectivity index (χ3v) is 9.34. The van der Waals surface area contributed by atoms with Gasteiger partial charge in [-0.15, -0.1) is 16.6 Å². The average molecular weight is 710 g/mol. The maximum absolute atomic E-state index is 13.8. The molecule has 250 valence electrons. The van der Waals surface area contributed by atoms with E-state index in [0.29, 0.717) is 36.9 Å². The Morgan fingerprint density at radius 3 is 1.42 bits per heavy atom. The molecular weight excluding hydrogens is 667 g/mol. The number of alkyl halides is 3. The van der Waals surface area contributed by atoms with Crippen LogP contribution in [0.2, 0.25) is 0 Å². The van der Waals surface area contributed by atoms with E-state index in [2.05, 4.69) is 33.8 Å². The van der Waals surface area contributed by atoms with Crippen LogP contribution >= 0.6 is 0 Å². The van der Waals surface area contributed by atoms with Gasteiger partial charge in [0, 0.05) is 0 Å². The van der Waals surface area contributed by atoms with Crippen LogP contribution in [0, 0.1) is 0 Å². The maximum atomic E-state index is 13.8. The Bertz CT molecular complexity index is 1960. The first-order valence-corrected chi connectivity index (χ1v) is 16.9. The predicted molar refractivity (Wildman–Crippen MR) is 183 cm³/mol. The van der Waals surface area contributed by atoms with Crippen molar-refractivity contribution in [3.8, 4) is 5.75 Å².